The number of fused-ring (bicyclic) bond motifs is 1. The number of carbonyl (C=O) groups excluding carboxylic acids is 1. The molecule has 0 radical (unpaired) electrons. The predicted molar refractivity (Wildman–Crippen MR) is 118 cm³/mol. The van der Waals surface area contributed by atoms with Crippen LogP contribution in [0.5, 0.6) is 0 Å². The third kappa shape index (κ3) is 4.54. The summed E-state index contributed by atoms with van der Waals surface area (Å²) in [5.74, 6) is 0.158. The van der Waals surface area contributed by atoms with Crippen LogP contribution in [0.3, 0.4) is 0 Å². The van der Waals surface area contributed by atoms with Gasteiger partial charge in [0.05, 0.1) is 11.1 Å². The Hall–Kier alpha value is -2.38. The minimum absolute atomic E-state index is 0.0602. The number of carbonyl (C=O) groups is 1. The Balaban J connectivity index is 1.95. The minimum Gasteiger partial charge on any atom is -0.353 e. The molecule has 3 aromatic rings. The molecule has 0 aliphatic rings. The number of hydrogen-bond acceptors (Lipinski definition) is 5. The van der Waals surface area contributed by atoms with Crippen LogP contribution in [0.1, 0.15) is 20.3 Å². The van der Waals surface area contributed by atoms with Crippen molar-refractivity contribution in [3.8, 4) is 10.4 Å². The van der Waals surface area contributed by atoms with Gasteiger partial charge in [0.15, 0.2) is 5.16 Å². The van der Waals surface area contributed by atoms with Crippen molar-refractivity contribution in [1.82, 2.24) is 14.9 Å². The highest BCUT2D eigenvalue weighted by atomic mass is 32.2. The Morgan fingerprint density at radius 2 is 2.14 bits per heavy atom. The van der Waals surface area contributed by atoms with Crippen molar-refractivity contribution in [3.63, 3.8) is 0 Å². The number of allylic oxidation sites excluding steroid dienone is 1. The molecule has 3 rings (SSSR count). The molecule has 0 aliphatic carbocycles. The van der Waals surface area contributed by atoms with E-state index in [4.69, 9.17) is 0 Å². The van der Waals surface area contributed by atoms with E-state index in [0.717, 1.165) is 16.9 Å². The number of nitrogens with one attached hydrogen (secondary N) is 1. The zero-order chi connectivity index (χ0) is 20.1. The highest BCUT2D eigenvalue weighted by Crippen LogP contribution is 2.32. The SMILES string of the molecule is C=CCn1c(SCC(=O)N[C@H](C)CC)nc2sc(-c3ccccc3)cc2c1=O. The zero-order valence-corrected chi connectivity index (χ0v) is 17.6. The largest absolute Gasteiger partial charge is 0.353 e. The summed E-state index contributed by atoms with van der Waals surface area (Å²) in [7, 11) is 0. The number of thiophene rings is 1. The molecule has 1 aromatic carbocycles. The summed E-state index contributed by atoms with van der Waals surface area (Å²) in [6.07, 6.45) is 2.54. The molecule has 0 aliphatic heterocycles. The van der Waals surface area contributed by atoms with Crippen molar-refractivity contribution >= 4 is 39.2 Å². The molecular weight excluding hydrogens is 390 g/mol. The van der Waals surface area contributed by atoms with Crippen molar-refractivity contribution in [2.45, 2.75) is 38.0 Å². The summed E-state index contributed by atoms with van der Waals surface area (Å²) < 4.78 is 1.58. The maximum atomic E-state index is 13.0. The molecule has 146 valence electrons. The Morgan fingerprint density at radius 1 is 1.39 bits per heavy atom. The van der Waals surface area contributed by atoms with Gasteiger partial charge in [-0.2, -0.15) is 0 Å². The second-order valence-electron chi connectivity index (χ2n) is 6.46. The van der Waals surface area contributed by atoms with E-state index in [2.05, 4.69) is 16.9 Å². The van der Waals surface area contributed by atoms with Crippen molar-refractivity contribution in [3.05, 3.63) is 59.4 Å². The summed E-state index contributed by atoms with van der Waals surface area (Å²) >= 11 is 2.77. The minimum atomic E-state index is -0.104. The van der Waals surface area contributed by atoms with E-state index in [1.165, 1.54) is 23.1 Å². The first-order chi connectivity index (χ1) is 13.5. The maximum Gasteiger partial charge on any atom is 0.263 e. The summed E-state index contributed by atoms with van der Waals surface area (Å²) in [5, 5.41) is 4.07. The number of rotatable bonds is 8. The summed E-state index contributed by atoms with van der Waals surface area (Å²) in [6.45, 7) is 8.09. The molecule has 2 aromatic heterocycles. The fourth-order valence-corrected chi connectivity index (χ4v) is 4.59. The van der Waals surface area contributed by atoms with Gasteiger partial charge in [-0.05, 0) is 25.0 Å². The monoisotopic (exact) mass is 413 g/mol. The number of benzene rings is 1. The average Bonchev–Trinajstić information content (AvgIpc) is 3.14. The van der Waals surface area contributed by atoms with Gasteiger partial charge in [0, 0.05) is 17.5 Å². The highest BCUT2D eigenvalue weighted by molar-refractivity contribution is 7.99. The van der Waals surface area contributed by atoms with Gasteiger partial charge in [0.25, 0.3) is 5.56 Å². The fourth-order valence-electron chi connectivity index (χ4n) is 2.69. The van der Waals surface area contributed by atoms with Gasteiger partial charge in [0.1, 0.15) is 4.83 Å². The van der Waals surface area contributed by atoms with Gasteiger partial charge in [-0.1, -0.05) is 55.1 Å². The normalized spacial score (nSPS) is 12.1. The standard InChI is InChI=1S/C21H23N3O2S2/c1-4-11-24-20(26)16-12-17(15-9-7-6-8-10-15)28-19(16)23-21(24)27-13-18(25)22-14(3)5-2/h4,6-10,12,14H,1,5,11,13H2,2-3H3,(H,22,25)/t14-/m1/s1. The van der Waals surface area contributed by atoms with Crippen LogP contribution in [0, 0.1) is 0 Å². The van der Waals surface area contributed by atoms with Crippen molar-refractivity contribution in [1.29, 1.82) is 0 Å². The fraction of sp³-hybridized carbons (Fsp3) is 0.286. The summed E-state index contributed by atoms with van der Waals surface area (Å²) in [4.78, 5) is 31.5. The van der Waals surface area contributed by atoms with E-state index in [9.17, 15) is 9.59 Å². The Kier molecular flexibility index (Phi) is 6.70. The first kappa shape index (κ1) is 20.4. The quantitative estimate of drug-likeness (QED) is 0.339. The molecule has 7 heteroatoms. The van der Waals surface area contributed by atoms with Crippen molar-refractivity contribution < 1.29 is 4.79 Å². The molecule has 0 fully saturated rings. The first-order valence-electron chi connectivity index (χ1n) is 9.16. The number of thioether (sulfide) groups is 1. The maximum absolute atomic E-state index is 13.0. The lowest BCUT2D eigenvalue weighted by atomic mass is 10.2. The molecule has 2 heterocycles. The molecule has 5 nitrogen and oxygen atoms in total. The molecule has 0 spiro atoms. The first-order valence-corrected chi connectivity index (χ1v) is 11.0. The Morgan fingerprint density at radius 3 is 2.82 bits per heavy atom. The van der Waals surface area contributed by atoms with Crippen LogP contribution in [0.4, 0.5) is 0 Å². The zero-order valence-electron chi connectivity index (χ0n) is 16.0. The van der Waals surface area contributed by atoms with Crippen LogP contribution in [-0.2, 0) is 11.3 Å². The van der Waals surface area contributed by atoms with Crippen molar-refractivity contribution in [2.24, 2.45) is 0 Å². The van der Waals surface area contributed by atoms with E-state index in [1.807, 2.05) is 50.2 Å². The molecule has 1 N–H and O–H groups in total. The van der Waals surface area contributed by atoms with Gasteiger partial charge < -0.3 is 5.32 Å². The van der Waals surface area contributed by atoms with Gasteiger partial charge >= 0.3 is 0 Å². The Labute approximate surface area is 172 Å². The molecular formula is C21H23N3O2S2. The van der Waals surface area contributed by atoms with E-state index in [0.29, 0.717) is 21.9 Å². The second kappa shape index (κ2) is 9.21. The van der Waals surface area contributed by atoms with Crippen LogP contribution in [0.15, 0.2) is 59.0 Å². The molecule has 1 atom stereocenters. The van der Waals surface area contributed by atoms with Crippen LogP contribution in [0.2, 0.25) is 0 Å². The molecule has 0 unspecified atom stereocenters. The summed E-state index contributed by atoms with van der Waals surface area (Å²) in [6, 6.07) is 12.0. The van der Waals surface area contributed by atoms with E-state index >= 15 is 0 Å². The van der Waals surface area contributed by atoms with E-state index < -0.39 is 0 Å². The molecule has 28 heavy (non-hydrogen) atoms. The third-order valence-corrected chi connectivity index (χ3v) is 6.39. The number of aromatic nitrogens is 2. The molecule has 0 saturated carbocycles. The number of amides is 1. The average molecular weight is 414 g/mol. The van der Waals surface area contributed by atoms with Crippen LogP contribution >= 0.6 is 23.1 Å². The van der Waals surface area contributed by atoms with Gasteiger partial charge in [-0.3, -0.25) is 14.2 Å². The number of hydrogen-bond donors (Lipinski definition) is 1. The smallest absolute Gasteiger partial charge is 0.263 e. The van der Waals surface area contributed by atoms with Crippen LogP contribution in [0.25, 0.3) is 20.7 Å². The van der Waals surface area contributed by atoms with E-state index in [1.54, 1.807) is 10.6 Å². The summed E-state index contributed by atoms with van der Waals surface area (Å²) in [5.41, 5.74) is 0.954. The van der Waals surface area contributed by atoms with E-state index in [-0.39, 0.29) is 23.3 Å². The van der Waals surface area contributed by atoms with Crippen molar-refractivity contribution in [2.75, 3.05) is 5.75 Å². The predicted octanol–water partition coefficient (Wildman–Crippen LogP) is 4.32. The molecule has 0 saturated heterocycles. The Bertz CT molecular complexity index is 1040. The van der Waals surface area contributed by atoms with Crippen LogP contribution < -0.4 is 10.9 Å². The second-order valence-corrected chi connectivity index (χ2v) is 8.43. The van der Waals surface area contributed by atoms with Crippen LogP contribution in [-0.4, -0.2) is 27.3 Å². The van der Waals surface area contributed by atoms with Gasteiger partial charge in [-0.25, -0.2) is 4.98 Å². The van der Waals surface area contributed by atoms with Gasteiger partial charge in [-0.15, -0.1) is 17.9 Å². The topological polar surface area (TPSA) is 64.0 Å². The highest BCUT2D eigenvalue weighted by Gasteiger charge is 2.16. The van der Waals surface area contributed by atoms with Gasteiger partial charge in [0.2, 0.25) is 5.91 Å². The molecule has 1 amide bonds. The number of nitrogens with zero attached hydrogens (tertiary/aromatic N) is 2. The molecule has 0 bridgehead atoms. The third-order valence-electron chi connectivity index (χ3n) is 4.34. The lowest BCUT2D eigenvalue weighted by Crippen LogP contribution is -2.33. The lowest BCUT2D eigenvalue weighted by Gasteiger charge is -2.12. The lowest BCUT2D eigenvalue weighted by molar-refractivity contribution is -0.119.